The van der Waals surface area contributed by atoms with Crippen LogP contribution in [0.3, 0.4) is 0 Å². The average Bonchev–Trinajstić information content (AvgIpc) is 3.55. The van der Waals surface area contributed by atoms with Crippen LogP contribution in [-0.4, -0.2) is 83.2 Å². The summed E-state index contributed by atoms with van der Waals surface area (Å²) in [7, 11) is 7.75. The van der Waals surface area contributed by atoms with Gasteiger partial charge in [-0.3, -0.25) is 4.90 Å². The number of nitrogens with zero attached hydrogens (tertiary/aromatic N) is 2. The Morgan fingerprint density at radius 3 is 1.91 bits per heavy atom. The lowest BCUT2D eigenvalue weighted by atomic mass is 9.95. The molecule has 1 saturated heterocycles. The van der Waals surface area contributed by atoms with Crippen LogP contribution in [0.15, 0.2) is 54.6 Å². The fourth-order valence-corrected chi connectivity index (χ4v) is 5.62. The van der Waals surface area contributed by atoms with Gasteiger partial charge in [-0.05, 0) is 91.5 Å². The molecule has 232 valence electrons. The van der Waals surface area contributed by atoms with E-state index in [9.17, 15) is 9.50 Å². The van der Waals surface area contributed by atoms with E-state index < -0.39 is 0 Å². The van der Waals surface area contributed by atoms with Gasteiger partial charge < -0.3 is 33.7 Å². The van der Waals surface area contributed by atoms with Crippen LogP contribution in [0.25, 0.3) is 5.57 Å². The Bertz CT molecular complexity index is 1360. The summed E-state index contributed by atoms with van der Waals surface area (Å²) in [6.07, 6.45) is 4.58. The molecule has 1 fully saturated rings. The lowest BCUT2D eigenvalue weighted by Crippen LogP contribution is -2.35. The number of hydrogen-bond donors (Lipinski definition) is 1. The average molecular weight is 595 g/mol. The summed E-state index contributed by atoms with van der Waals surface area (Å²) in [5.41, 5.74) is 3.38. The van der Waals surface area contributed by atoms with Crippen molar-refractivity contribution in [2.24, 2.45) is 0 Å². The second kappa shape index (κ2) is 15.0. The van der Waals surface area contributed by atoms with Crippen molar-refractivity contribution in [1.29, 1.82) is 0 Å². The minimum absolute atomic E-state index is 0.0273. The lowest BCUT2D eigenvalue weighted by Gasteiger charge is -2.30. The fraction of sp³-hybridized carbons (Fsp3) is 0.412. The number of hydrogen-bond acceptors (Lipinski definition) is 8. The second-order valence-corrected chi connectivity index (χ2v) is 10.5. The van der Waals surface area contributed by atoms with Crippen LogP contribution < -0.4 is 23.7 Å². The van der Waals surface area contributed by atoms with Gasteiger partial charge in [0.2, 0.25) is 11.5 Å². The number of halogens is 1. The molecule has 9 heteroatoms. The van der Waals surface area contributed by atoms with Gasteiger partial charge in [-0.15, -0.1) is 0 Å². The van der Waals surface area contributed by atoms with E-state index >= 15 is 0 Å². The van der Waals surface area contributed by atoms with Gasteiger partial charge in [0.15, 0.2) is 23.0 Å². The molecule has 1 atom stereocenters. The molecule has 43 heavy (non-hydrogen) atoms. The zero-order chi connectivity index (χ0) is 30.9. The Morgan fingerprint density at radius 2 is 1.37 bits per heavy atom. The first-order chi connectivity index (χ1) is 20.8. The lowest BCUT2D eigenvalue weighted by molar-refractivity contribution is 0.197. The normalized spacial score (nSPS) is 14.6. The van der Waals surface area contributed by atoms with Crippen molar-refractivity contribution in [2.45, 2.75) is 25.8 Å². The number of ether oxygens (including phenoxy) is 5. The molecule has 0 spiro atoms. The van der Waals surface area contributed by atoms with E-state index in [4.69, 9.17) is 23.7 Å². The van der Waals surface area contributed by atoms with Crippen molar-refractivity contribution in [2.75, 3.05) is 68.3 Å². The summed E-state index contributed by atoms with van der Waals surface area (Å²) < 4.78 is 41.6. The first-order valence-corrected chi connectivity index (χ1v) is 14.5. The summed E-state index contributed by atoms with van der Waals surface area (Å²) in [6.45, 7) is 6.71. The SMILES string of the molecule is COc1cc(/C(=C/CN(CCN2CCCC2)C(C)c2ccc(F)cc2)c2cc(OC)c(OC)c(OC)c2)cc(O)c1OC. The Kier molecular flexibility index (Phi) is 11.1. The molecular formula is C34H43FN2O6. The number of methoxy groups -OCH3 is 5. The number of phenolic OH excluding ortho intramolecular Hbond substituents is 1. The van der Waals surface area contributed by atoms with E-state index in [0.29, 0.717) is 29.5 Å². The predicted molar refractivity (Wildman–Crippen MR) is 166 cm³/mol. The molecule has 0 aliphatic carbocycles. The second-order valence-electron chi connectivity index (χ2n) is 10.5. The van der Waals surface area contributed by atoms with Gasteiger partial charge in [0.25, 0.3) is 0 Å². The summed E-state index contributed by atoms with van der Waals surface area (Å²) in [6, 6.07) is 14.0. The maximum Gasteiger partial charge on any atom is 0.203 e. The van der Waals surface area contributed by atoms with Gasteiger partial charge in [0.1, 0.15) is 5.82 Å². The van der Waals surface area contributed by atoms with Crippen molar-refractivity contribution in [3.63, 3.8) is 0 Å². The van der Waals surface area contributed by atoms with Gasteiger partial charge in [-0.2, -0.15) is 0 Å². The van der Waals surface area contributed by atoms with Crippen LogP contribution in [-0.2, 0) is 0 Å². The molecule has 0 amide bonds. The number of aromatic hydroxyl groups is 1. The monoisotopic (exact) mass is 594 g/mol. The molecule has 1 N–H and O–H groups in total. The third-order valence-corrected chi connectivity index (χ3v) is 8.08. The Hall–Kier alpha value is -3.95. The first kappa shape index (κ1) is 32.0. The number of likely N-dealkylation sites (tertiary alicyclic amines) is 1. The highest BCUT2D eigenvalue weighted by Crippen LogP contribution is 2.44. The van der Waals surface area contributed by atoms with E-state index in [0.717, 1.165) is 48.4 Å². The number of phenols is 1. The highest BCUT2D eigenvalue weighted by Gasteiger charge is 2.22. The first-order valence-electron chi connectivity index (χ1n) is 14.5. The molecule has 1 unspecified atom stereocenters. The molecule has 3 aromatic rings. The molecule has 1 aliphatic rings. The summed E-state index contributed by atoms with van der Waals surface area (Å²) >= 11 is 0. The topological polar surface area (TPSA) is 72.9 Å². The van der Waals surface area contributed by atoms with E-state index in [2.05, 4.69) is 22.8 Å². The maximum atomic E-state index is 13.8. The third kappa shape index (κ3) is 7.53. The van der Waals surface area contributed by atoms with Gasteiger partial charge >= 0.3 is 0 Å². The van der Waals surface area contributed by atoms with Crippen molar-refractivity contribution in [3.8, 4) is 34.5 Å². The van der Waals surface area contributed by atoms with Crippen LogP contribution in [0.2, 0.25) is 0 Å². The van der Waals surface area contributed by atoms with E-state index in [1.807, 2.05) is 30.3 Å². The number of rotatable bonds is 14. The van der Waals surface area contributed by atoms with Crippen LogP contribution in [0.1, 0.15) is 42.5 Å². The molecule has 1 aliphatic heterocycles. The summed E-state index contributed by atoms with van der Waals surface area (Å²) in [5, 5.41) is 10.9. The van der Waals surface area contributed by atoms with E-state index in [1.165, 1.54) is 39.2 Å². The van der Waals surface area contributed by atoms with Gasteiger partial charge in [0.05, 0.1) is 35.5 Å². The molecule has 0 bridgehead atoms. The molecule has 0 radical (unpaired) electrons. The molecule has 4 rings (SSSR count). The third-order valence-electron chi connectivity index (χ3n) is 8.08. The number of benzene rings is 3. The van der Waals surface area contributed by atoms with Crippen molar-refractivity contribution >= 4 is 5.57 Å². The zero-order valence-corrected chi connectivity index (χ0v) is 26.0. The quantitative estimate of drug-likeness (QED) is 0.238. The smallest absolute Gasteiger partial charge is 0.203 e. The van der Waals surface area contributed by atoms with E-state index in [-0.39, 0.29) is 23.4 Å². The molecule has 3 aromatic carbocycles. The van der Waals surface area contributed by atoms with Crippen molar-refractivity contribution in [1.82, 2.24) is 9.80 Å². The molecule has 8 nitrogen and oxygen atoms in total. The van der Waals surface area contributed by atoms with Crippen LogP contribution >= 0.6 is 0 Å². The Labute approximate surface area is 254 Å². The largest absolute Gasteiger partial charge is 0.504 e. The molecule has 0 aromatic heterocycles. The minimum Gasteiger partial charge on any atom is -0.504 e. The van der Waals surface area contributed by atoms with Gasteiger partial charge in [-0.25, -0.2) is 4.39 Å². The van der Waals surface area contributed by atoms with Crippen LogP contribution in [0.5, 0.6) is 34.5 Å². The van der Waals surface area contributed by atoms with Crippen LogP contribution in [0.4, 0.5) is 4.39 Å². The van der Waals surface area contributed by atoms with Gasteiger partial charge in [-0.1, -0.05) is 18.2 Å². The summed E-state index contributed by atoms with van der Waals surface area (Å²) in [5.74, 6) is 1.88. The van der Waals surface area contributed by atoms with Crippen LogP contribution in [0, 0.1) is 5.82 Å². The Balaban J connectivity index is 1.81. The Morgan fingerprint density at radius 1 is 0.837 bits per heavy atom. The highest BCUT2D eigenvalue weighted by atomic mass is 19.1. The molecule has 1 heterocycles. The summed E-state index contributed by atoms with van der Waals surface area (Å²) in [4.78, 5) is 4.87. The standard InChI is InChI=1S/C34H43FN2O6/c1-23(24-9-11-27(35)12-10-24)37(18-17-36-14-7-8-15-36)16-13-28(25-19-29(38)33(42-5)30(20-25)39-2)26-21-31(40-3)34(43-6)32(22-26)41-4/h9-13,19-23,38H,7-8,14-18H2,1-6H3/b28-13-. The zero-order valence-electron chi connectivity index (χ0n) is 26.0. The maximum absolute atomic E-state index is 13.8. The minimum atomic E-state index is -0.252. The van der Waals surface area contributed by atoms with E-state index in [1.54, 1.807) is 27.4 Å². The van der Waals surface area contributed by atoms with Gasteiger partial charge in [0, 0.05) is 25.7 Å². The predicted octanol–water partition coefficient (Wildman–Crippen LogP) is 6.17. The molecule has 0 saturated carbocycles. The van der Waals surface area contributed by atoms with Crippen molar-refractivity contribution < 1.29 is 33.2 Å². The molecular weight excluding hydrogens is 551 g/mol. The van der Waals surface area contributed by atoms with Crippen molar-refractivity contribution in [3.05, 3.63) is 77.1 Å². The highest BCUT2D eigenvalue weighted by molar-refractivity contribution is 5.84. The fourth-order valence-electron chi connectivity index (χ4n) is 5.62.